The van der Waals surface area contributed by atoms with Gasteiger partial charge in [0.05, 0.1) is 0 Å². The summed E-state index contributed by atoms with van der Waals surface area (Å²) in [6.07, 6.45) is 86.9. The fourth-order valence-corrected chi connectivity index (χ4v) is 10.3. The van der Waals surface area contributed by atoms with Crippen LogP contribution in [-0.2, 0) is 28.6 Å². The molecule has 0 saturated carbocycles. The van der Waals surface area contributed by atoms with Crippen molar-refractivity contribution >= 4 is 17.9 Å². The van der Waals surface area contributed by atoms with Crippen molar-refractivity contribution in [1.29, 1.82) is 0 Å². The van der Waals surface area contributed by atoms with Crippen LogP contribution in [0.3, 0.4) is 0 Å². The van der Waals surface area contributed by atoms with Gasteiger partial charge in [0, 0.05) is 19.3 Å². The molecule has 0 aromatic carbocycles. The van der Waals surface area contributed by atoms with E-state index in [9.17, 15) is 14.4 Å². The lowest BCUT2D eigenvalue weighted by molar-refractivity contribution is -0.167. The maximum Gasteiger partial charge on any atom is 0.306 e. The zero-order valence-electron chi connectivity index (χ0n) is 52.9. The molecule has 460 valence electrons. The van der Waals surface area contributed by atoms with E-state index < -0.39 is 6.10 Å². The molecule has 0 bridgehead atoms. The minimum atomic E-state index is -0.783. The first-order valence-corrected chi connectivity index (χ1v) is 34.8. The molecule has 0 N–H and O–H groups in total. The van der Waals surface area contributed by atoms with E-state index in [2.05, 4.69) is 81.5 Å². The largest absolute Gasteiger partial charge is 0.462 e. The summed E-state index contributed by atoms with van der Waals surface area (Å²) in [5.74, 6) is -0.877. The number of carbonyl (C=O) groups excluding carboxylic acids is 3. The fraction of sp³-hybridized carbons (Fsp3) is 0.822. The van der Waals surface area contributed by atoms with Gasteiger partial charge in [-0.25, -0.2) is 0 Å². The minimum absolute atomic E-state index is 0.0777. The Hall–Kier alpha value is -2.89. The summed E-state index contributed by atoms with van der Waals surface area (Å²) in [6.45, 7) is 6.55. The van der Waals surface area contributed by atoms with Gasteiger partial charge in [-0.3, -0.25) is 14.4 Å². The van der Waals surface area contributed by atoms with Crippen molar-refractivity contribution < 1.29 is 28.6 Å². The van der Waals surface area contributed by atoms with Crippen LogP contribution in [0.4, 0.5) is 0 Å². The van der Waals surface area contributed by atoms with Crippen molar-refractivity contribution in [2.75, 3.05) is 13.2 Å². The van der Waals surface area contributed by atoms with Crippen LogP contribution in [0.15, 0.2) is 60.8 Å². The van der Waals surface area contributed by atoms with Crippen molar-refractivity contribution in [2.45, 2.75) is 374 Å². The number of carbonyl (C=O) groups is 3. The first kappa shape index (κ1) is 76.1. The van der Waals surface area contributed by atoms with Gasteiger partial charge in [0.2, 0.25) is 0 Å². The van der Waals surface area contributed by atoms with Crippen LogP contribution in [0, 0.1) is 0 Å². The average Bonchev–Trinajstić information content (AvgIpc) is 3.45. The van der Waals surface area contributed by atoms with Gasteiger partial charge in [-0.1, -0.05) is 306 Å². The number of unbranched alkanes of at least 4 members (excludes halogenated alkanes) is 43. The second-order valence-electron chi connectivity index (χ2n) is 23.4. The number of allylic oxidation sites excluding steroid dienone is 10. The molecule has 0 spiro atoms. The van der Waals surface area contributed by atoms with Crippen molar-refractivity contribution in [3.05, 3.63) is 60.8 Å². The van der Waals surface area contributed by atoms with Crippen LogP contribution in [0.5, 0.6) is 0 Å². The van der Waals surface area contributed by atoms with E-state index in [1.54, 1.807) is 0 Å². The molecule has 0 amide bonds. The Morgan fingerprint density at radius 3 is 0.797 bits per heavy atom. The summed E-state index contributed by atoms with van der Waals surface area (Å²) < 4.78 is 16.9. The predicted octanol–water partition coefficient (Wildman–Crippen LogP) is 23.9. The Morgan fingerprint density at radius 2 is 0.494 bits per heavy atom. The molecule has 0 aliphatic heterocycles. The highest BCUT2D eigenvalue weighted by molar-refractivity contribution is 5.71. The third-order valence-corrected chi connectivity index (χ3v) is 15.5. The van der Waals surface area contributed by atoms with Crippen LogP contribution in [0.1, 0.15) is 367 Å². The molecule has 0 aromatic rings. The van der Waals surface area contributed by atoms with E-state index >= 15 is 0 Å². The normalized spacial score (nSPS) is 12.4. The molecule has 0 aromatic heterocycles. The smallest absolute Gasteiger partial charge is 0.306 e. The quantitative estimate of drug-likeness (QED) is 0.0261. The van der Waals surface area contributed by atoms with Crippen LogP contribution < -0.4 is 0 Å². The van der Waals surface area contributed by atoms with E-state index in [-0.39, 0.29) is 31.1 Å². The molecular weight excluding hydrogens is 973 g/mol. The molecule has 1 atom stereocenters. The number of ether oxygens (including phenoxy) is 3. The highest BCUT2D eigenvalue weighted by Gasteiger charge is 2.19. The molecule has 0 heterocycles. The summed E-state index contributed by atoms with van der Waals surface area (Å²) in [5, 5.41) is 0. The van der Waals surface area contributed by atoms with Crippen LogP contribution in [-0.4, -0.2) is 37.2 Å². The predicted molar refractivity (Wildman–Crippen MR) is 344 cm³/mol. The van der Waals surface area contributed by atoms with Crippen molar-refractivity contribution in [3.63, 3.8) is 0 Å². The molecule has 0 fully saturated rings. The van der Waals surface area contributed by atoms with Gasteiger partial charge in [-0.15, -0.1) is 0 Å². The van der Waals surface area contributed by atoms with E-state index in [4.69, 9.17) is 14.2 Å². The Labute approximate surface area is 491 Å². The summed E-state index contributed by atoms with van der Waals surface area (Å²) in [5.41, 5.74) is 0. The van der Waals surface area contributed by atoms with E-state index in [1.165, 1.54) is 238 Å². The van der Waals surface area contributed by atoms with E-state index in [0.29, 0.717) is 19.3 Å². The second kappa shape index (κ2) is 67.6. The zero-order chi connectivity index (χ0) is 57.1. The maximum absolute atomic E-state index is 12.9. The molecule has 0 radical (unpaired) electrons. The average molecular weight is 1110 g/mol. The second-order valence-corrected chi connectivity index (χ2v) is 23.4. The van der Waals surface area contributed by atoms with Crippen molar-refractivity contribution in [2.24, 2.45) is 0 Å². The summed E-state index contributed by atoms with van der Waals surface area (Å²) in [6, 6.07) is 0. The van der Waals surface area contributed by atoms with Gasteiger partial charge in [-0.2, -0.15) is 0 Å². The third kappa shape index (κ3) is 65.8. The lowest BCUT2D eigenvalue weighted by Gasteiger charge is -2.18. The van der Waals surface area contributed by atoms with Crippen molar-refractivity contribution in [3.8, 4) is 0 Å². The van der Waals surface area contributed by atoms with Gasteiger partial charge in [0.25, 0.3) is 0 Å². The highest BCUT2D eigenvalue weighted by atomic mass is 16.6. The molecule has 79 heavy (non-hydrogen) atoms. The Balaban J connectivity index is 4.16. The molecule has 0 saturated heterocycles. The molecule has 0 aliphatic carbocycles. The first-order valence-electron chi connectivity index (χ1n) is 34.8. The Morgan fingerprint density at radius 1 is 0.266 bits per heavy atom. The molecule has 0 aliphatic rings. The number of hydrogen-bond acceptors (Lipinski definition) is 6. The molecule has 6 nitrogen and oxygen atoms in total. The Bertz CT molecular complexity index is 1410. The van der Waals surface area contributed by atoms with E-state index in [0.717, 1.165) is 89.9 Å². The first-order chi connectivity index (χ1) is 39.0. The summed E-state index contributed by atoms with van der Waals surface area (Å²) in [4.78, 5) is 38.3. The van der Waals surface area contributed by atoms with Gasteiger partial charge in [0.1, 0.15) is 13.2 Å². The van der Waals surface area contributed by atoms with Crippen molar-refractivity contribution in [1.82, 2.24) is 0 Å². The summed E-state index contributed by atoms with van der Waals surface area (Å²) >= 11 is 0. The summed E-state index contributed by atoms with van der Waals surface area (Å²) in [7, 11) is 0. The van der Waals surface area contributed by atoms with Crippen LogP contribution in [0.25, 0.3) is 0 Å². The molecule has 0 rings (SSSR count). The fourth-order valence-electron chi connectivity index (χ4n) is 10.3. The van der Waals surface area contributed by atoms with Crippen LogP contribution >= 0.6 is 0 Å². The standard InChI is InChI=1S/C73H132O6/c1-4-7-10-13-16-19-22-25-27-29-30-31-32-33-34-35-36-37-38-39-40-41-42-44-45-48-51-54-57-60-63-66-72(75)78-69-70(68-77-71(74)65-62-59-56-53-50-47-24-21-18-15-12-9-6-3)79-73(76)67-64-61-58-55-52-49-46-43-28-26-23-20-17-14-11-8-5-2/h8,11,17,20-21,24,26,28-30,70H,4-7,9-10,12-16,18-19,22-23,25,27,31-69H2,1-3H3/b11-8-,20-17-,24-21-,28-26-,30-29-. The van der Waals surface area contributed by atoms with Gasteiger partial charge in [0.15, 0.2) is 6.10 Å². The molecule has 1 unspecified atom stereocenters. The molecule has 6 heteroatoms. The minimum Gasteiger partial charge on any atom is -0.462 e. The number of esters is 3. The maximum atomic E-state index is 12.9. The van der Waals surface area contributed by atoms with E-state index in [1.807, 2.05) is 0 Å². The zero-order valence-corrected chi connectivity index (χ0v) is 52.9. The molecular formula is C73H132O6. The highest BCUT2D eigenvalue weighted by Crippen LogP contribution is 2.18. The monoisotopic (exact) mass is 1110 g/mol. The Kier molecular flexibility index (Phi) is 65.1. The lowest BCUT2D eigenvalue weighted by atomic mass is 10.0. The van der Waals surface area contributed by atoms with Gasteiger partial charge >= 0.3 is 17.9 Å². The van der Waals surface area contributed by atoms with Gasteiger partial charge < -0.3 is 14.2 Å². The number of rotatable bonds is 64. The lowest BCUT2D eigenvalue weighted by Crippen LogP contribution is -2.30. The number of hydrogen-bond donors (Lipinski definition) is 0. The van der Waals surface area contributed by atoms with Gasteiger partial charge in [-0.05, 0) is 103 Å². The van der Waals surface area contributed by atoms with Crippen LogP contribution in [0.2, 0.25) is 0 Å². The SMILES string of the molecule is CC/C=C\C/C=C\C/C=C\CCCCCCCCCC(=O)OC(COC(=O)CCCCCCC/C=C\CCCCCC)COC(=O)CCCCCCCCCCCCCCCCCCCCC/C=C\CCCCCCCCCC. The topological polar surface area (TPSA) is 78.9 Å². The third-order valence-electron chi connectivity index (χ3n) is 15.5.